The highest BCUT2D eigenvalue weighted by atomic mass is 79.9. The Labute approximate surface area is 304 Å². The first-order valence-electron chi connectivity index (χ1n) is 15.6. The van der Waals surface area contributed by atoms with E-state index < -0.39 is 21.3 Å². The fourth-order valence-electron chi connectivity index (χ4n) is 5.68. The van der Waals surface area contributed by atoms with Crippen LogP contribution in [-0.4, -0.2) is 58.6 Å². The molecule has 1 aliphatic heterocycles. The summed E-state index contributed by atoms with van der Waals surface area (Å²) in [6, 6.07) is 22.0. The van der Waals surface area contributed by atoms with Gasteiger partial charge in [-0.1, -0.05) is 42.5 Å². The number of anilines is 1. The van der Waals surface area contributed by atoms with Crippen LogP contribution in [0.4, 0.5) is 10.5 Å². The molecule has 0 spiro atoms. The summed E-state index contributed by atoms with van der Waals surface area (Å²) in [6.07, 6.45) is 1.62. The Morgan fingerprint density at radius 2 is 1.40 bits per heavy atom. The van der Waals surface area contributed by atoms with Gasteiger partial charge in [0.2, 0.25) is 21.0 Å². The van der Waals surface area contributed by atoms with E-state index in [9.17, 15) is 18.4 Å². The maximum absolute atomic E-state index is 13.6. The van der Waals surface area contributed by atoms with Crippen molar-refractivity contribution in [1.82, 2.24) is 5.06 Å². The number of nitrogens with zero attached hydrogens (tertiary/aromatic N) is 1. The topological polar surface area (TPSA) is 133 Å². The Morgan fingerprint density at radius 3 is 1.96 bits per heavy atom. The van der Waals surface area contributed by atoms with Gasteiger partial charge < -0.3 is 29.0 Å². The molecular weight excluding hydrogens is 748 g/mol. The zero-order valence-corrected chi connectivity index (χ0v) is 31.4. The first-order chi connectivity index (χ1) is 24.0. The van der Waals surface area contributed by atoms with Gasteiger partial charge in [0.1, 0.15) is 0 Å². The van der Waals surface area contributed by atoms with Crippen molar-refractivity contribution in [1.29, 1.82) is 0 Å². The van der Waals surface area contributed by atoms with Crippen molar-refractivity contribution in [2.45, 2.75) is 47.1 Å². The summed E-state index contributed by atoms with van der Waals surface area (Å²) in [5, 5.41) is 14.1. The number of urea groups is 1. The van der Waals surface area contributed by atoms with Crippen LogP contribution in [-0.2, 0) is 16.4 Å². The van der Waals surface area contributed by atoms with Gasteiger partial charge in [-0.05, 0) is 88.8 Å². The van der Waals surface area contributed by atoms with E-state index in [0.717, 1.165) is 24.0 Å². The number of carbonyl (C=O) groups excluding carboxylic acids is 1. The molecule has 14 heteroatoms. The molecule has 5 rings (SSSR count). The lowest BCUT2D eigenvalue weighted by Crippen LogP contribution is -2.32. The Kier molecular flexibility index (Phi) is 12.1. The lowest BCUT2D eigenvalue weighted by molar-refractivity contribution is -0.0449. The van der Waals surface area contributed by atoms with Crippen molar-refractivity contribution in [3.8, 4) is 28.7 Å². The quantitative estimate of drug-likeness (QED) is 0.101. The van der Waals surface area contributed by atoms with Crippen molar-refractivity contribution in [3.63, 3.8) is 0 Å². The zero-order valence-electron chi connectivity index (χ0n) is 28.2. The summed E-state index contributed by atoms with van der Waals surface area (Å²) in [6.45, 7) is 1.33. The second-order valence-electron chi connectivity index (χ2n) is 11.4. The summed E-state index contributed by atoms with van der Waals surface area (Å²) in [7, 11) is 2.16. The van der Waals surface area contributed by atoms with Crippen molar-refractivity contribution in [3.05, 3.63) is 100 Å². The second-order valence-corrected chi connectivity index (χ2v) is 15.8. The number of rotatable bonds is 13. The maximum atomic E-state index is 13.6. The lowest BCUT2D eigenvalue weighted by atomic mass is 10.0. The number of nitrogens with one attached hydrogen (secondary N) is 1. The van der Waals surface area contributed by atoms with Crippen LogP contribution < -0.4 is 29.0 Å². The van der Waals surface area contributed by atoms with Crippen LogP contribution in [0, 0.1) is 0 Å². The molecule has 4 aromatic rings. The third kappa shape index (κ3) is 8.09. The summed E-state index contributed by atoms with van der Waals surface area (Å²) in [4.78, 5) is 13.4. The van der Waals surface area contributed by atoms with Crippen LogP contribution in [0.15, 0.2) is 88.2 Å². The Morgan fingerprint density at radius 1 is 0.860 bits per heavy atom. The lowest BCUT2D eigenvalue weighted by Gasteiger charge is -2.24. The normalized spacial score (nSPS) is 16.3. The van der Waals surface area contributed by atoms with Gasteiger partial charge in [0.15, 0.2) is 23.0 Å². The molecule has 1 fully saturated rings. The van der Waals surface area contributed by atoms with Crippen molar-refractivity contribution >= 4 is 49.2 Å². The molecule has 1 aliphatic rings. The molecule has 0 aromatic heterocycles. The molecule has 1 heterocycles. The van der Waals surface area contributed by atoms with Gasteiger partial charge in [-0.25, -0.2) is 18.3 Å². The molecule has 2 N–H and O–H groups in total. The number of hydroxylamine groups is 2. The summed E-state index contributed by atoms with van der Waals surface area (Å²) in [5.41, 5.74) is 1.30. The molecule has 1 saturated heterocycles. The average molecular weight is 788 g/mol. The van der Waals surface area contributed by atoms with Gasteiger partial charge in [-0.3, -0.25) is 5.21 Å². The average Bonchev–Trinajstić information content (AvgIpc) is 3.62. The van der Waals surface area contributed by atoms with Crippen LogP contribution in [0.1, 0.15) is 47.0 Å². The van der Waals surface area contributed by atoms with E-state index in [1.54, 1.807) is 87.7 Å². The Bertz CT molecular complexity index is 1900. The Balaban J connectivity index is 1.49. The number of amides is 2. The van der Waals surface area contributed by atoms with E-state index in [-0.39, 0.29) is 39.1 Å². The summed E-state index contributed by atoms with van der Waals surface area (Å²) >= 11 is 5.05. The molecule has 266 valence electrons. The number of benzene rings is 4. The number of sulfone groups is 1. The van der Waals surface area contributed by atoms with Crippen molar-refractivity contribution in [2.24, 2.45) is 0 Å². The number of thioether (sulfide) groups is 1. The van der Waals surface area contributed by atoms with Gasteiger partial charge in [0.25, 0.3) is 0 Å². The number of ether oxygens (including phenoxy) is 5. The number of halogens is 1. The first-order valence-corrected chi connectivity index (χ1v) is 18.9. The second kappa shape index (κ2) is 16.3. The smallest absolute Gasteiger partial charge is 0.345 e. The molecular formula is C36H39BrN2O9S2. The molecule has 50 heavy (non-hydrogen) atoms. The zero-order chi connectivity index (χ0) is 36.0. The predicted molar refractivity (Wildman–Crippen MR) is 196 cm³/mol. The molecule has 2 amide bonds. The molecule has 0 aliphatic carbocycles. The van der Waals surface area contributed by atoms with Crippen molar-refractivity contribution in [2.75, 3.05) is 33.8 Å². The van der Waals surface area contributed by atoms with Gasteiger partial charge in [0, 0.05) is 15.0 Å². The minimum atomic E-state index is -4.01. The third-order valence-electron chi connectivity index (χ3n) is 8.26. The van der Waals surface area contributed by atoms with Crippen LogP contribution in [0.25, 0.3) is 0 Å². The summed E-state index contributed by atoms with van der Waals surface area (Å²) < 4.78 is 56.2. The minimum absolute atomic E-state index is 0.00464. The van der Waals surface area contributed by atoms with Crippen molar-refractivity contribution < 1.29 is 42.1 Å². The SMILES string of the molecule is COc1cc(C2CCC(c3cc(OC)c(OC)c(OC)c3)S2)cc(NC(=O)N(O)Cc2ccccc2)c1OC(C)S(=O)(=O)c1ccccc1Br. The van der Waals surface area contributed by atoms with E-state index in [1.165, 1.54) is 20.1 Å². The highest BCUT2D eigenvalue weighted by Gasteiger charge is 2.33. The van der Waals surface area contributed by atoms with Crippen LogP contribution in [0.2, 0.25) is 0 Å². The van der Waals surface area contributed by atoms with E-state index in [4.69, 9.17) is 23.7 Å². The molecule has 0 radical (unpaired) electrons. The van der Waals surface area contributed by atoms with Crippen LogP contribution in [0.5, 0.6) is 28.7 Å². The fourth-order valence-corrected chi connectivity index (χ4v) is 9.36. The fraction of sp³-hybridized carbons (Fsp3) is 0.306. The van der Waals surface area contributed by atoms with Gasteiger partial charge in [-0.2, -0.15) is 0 Å². The van der Waals surface area contributed by atoms with E-state index in [0.29, 0.717) is 32.3 Å². The number of hydrogen-bond donors (Lipinski definition) is 2. The largest absolute Gasteiger partial charge is 0.493 e. The molecule has 0 saturated carbocycles. The predicted octanol–water partition coefficient (Wildman–Crippen LogP) is 8.41. The van der Waals surface area contributed by atoms with E-state index in [2.05, 4.69) is 21.2 Å². The van der Waals surface area contributed by atoms with Crippen LogP contribution >= 0.6 is 27.7 Å². The third-order valence-corrected chi connectivity index (χ3v) is 12.8. The standard InChI is InChI=1S/C36H39BrN2O9S2/c1-22(50(42,43)33-14-10-9-13-26(33)37)48-34-27(38-36(40)39(41)21-23-11-7-6-8-12-23)17-24(18-28(34)44-2)31-15-16-32(49-31)25-19-29(45-3)35(47-5)30(20-25)46-4/h6-14,17-20,22,31-32,41H,15-16,21H2,1-5H3,(H,38,40). The highest BCUT2D eigenvalue weighted by Crippen LogP contribution is 2.56. The number of hydrogen-bond acceptors (Lipinski definition) is 10. The molecule has 11 nitrogen and oxygen atoms in total. The van der Waals surface area contributed by atoms with Crippen LogP contribution in [0.3, 0.4) is 0 Å². The highest BCUT2D eigenvalue weighted by molar-refractivity contribution is 9.10. The summed E-state index contributed by atoms with van der Waals surface area (Å²) in [5.74, 6) is 1.87. The molecule has 3 unspecified atom stereocenters. The van der Waals surface area contributed by atoms with Gasteiger partial charge in [0.05, 0.1) is 45.6 Å². The van der Waals surface area contributed by atoms with Gasteiger partial charge >= 0.3 is 6.03 Å². The van der Waals surface area contributed by atoms with E-state index >= 15 is 0 Å². The van der Waals surface area contributed by atoms with Gasteiger partial charge in [-0.15, -0.1) is 11.8 Å². The molecule has 0 bridgehead atoms. The molecule has 4 aromatic carbocycles. The minimum Gasteiger partial charge on any atom is -0.493 e. The maximum Gasteiger partial charge on any atom is 0.345 e. The van der Waals surface area contributed by atoms with E-state index in [1.807, 2.05) is 18.2 Å². The molecule has 3 atom stereocenters. The Hall–Kier alpha value is -4.11. The first kappa shape index (κ1) is 37.2. The number of methoxy groups -OCH3 is 4. The number of carbonyl (C=O) groups is 1. The monoisotopic (exact) mass is 786 g/mol.